The normalized spacial score (nSPS) is 26.1. The summed E-state index contributed by atoms with van der Waals surface area (Å²) in [7, 11) is 0. The van der Waals surface area contributed by atoms with E-state index in [0.29, 0.717) is 24.4 Å². The maximum absolute atomic E-state index is 12.7. The van der Waals surface area contributed by atoms with Crippen molar-refractivity contribution in [2.75, 3.05) is 11.9 Å². The first-order chi connectivity index (χ1) is 9.47. The number of halogens is 1. The molecule has 0 aliphatic heterocycles. The van der Waals surface area contributed by atoms with Gasteiger partial charge in [0.25, 0.3) is 0 Å². The number of urea groups is 1. The Labute approximate surface area is 118 Å². The Bertz CT molecular complexity index is 463. The van der Waals surface area contributed by atoms with E-state index in [9.17, 15) is 14.3 Å². The molecular formula is C15H21FN2O2. The molecule has 3 N–H and O–H groups in total. The predicted octanol–water partition coefficient (Wildman–Crippen LogP) is 2.89. The molecule has 1 saturated carbocycles. The molecule has 110 valence electrons. The van der Waals surface area contributed by atoms with Gasteiger partial charge in [-0.15, -0.1) is 0 Å². The van der Waals surface area contributed by atoms with Crippen LogP contribution in [-0.2, 0) is 0 Å². The third kappa shape index (κ3) is 4.20. The second-order valence-electron chi connectivity index (χ2n) is 5.74. The standard InChI is InChI=1S/C15H21FN2O2/c1-11-3-2-8-15(20,9-11)10-17-14(19)18-13-6-4-12(16)5-7-13/h4-7,11,20H,2-3,8-10H2,1H3,(H2,17,18,19). The van der Waals surface area contributed by atoms with Gasteiger partial charge in [0.2, 0.25) is 0 Å². The second-order valence-corrected chi connectivity index (χ2v) is 5.74. The molecule has 1 fully saturated rings. The van der Waals surface area contributed by atoms with Crippen LogP contribution in [0.5, 0.6) is 0 Å². The highest BCUT2D eigenvalue weighted by Gasteiger charge is 2.32. The number of amides is 2. The van der Waals surface area contributed by atoms with E-state index in [1.165, 1.54) is 24.3 Å². The summed E-state index contributed by atoms with van der Waals surface area (Å²) in [5.74, 6) is 0.136. The summed E-state index contributed by atoms with van der Waals surface area (Å²) in [6, 6.07) is 5.17. The number of carbonyl (C=O) groups excluding carboxylic acids is 1. The average molecular weight is 280 g/mol. The van der Waals surface area contributed by atoms with Crippen LogP contribution in [0, 0.1) is 11.7 Å². The maximum Gasteiger partial charge on any atom is 0.319 e. The average Bonchev–Trinajstić information content (AvgIpc) is 2.39. The number of carbonyl (C=O) groups is 1. The lowest BCUT2D eigenvalue weighted by Gasteiger charge is -2.35. The van der Waals surface area contributed by atoms with Crippen molar-refractivity contribution >= 4 is 11.7 Å². The summed E-state index contributed by atoms with van der Waals surface area (Å²) < 4.78 is 12.7. The number of hydrogen-bond acceptors (Lipinski definition) is 2. The van der Waals surface area contributed by atoms with E-state index in [4.69, 9.17) is 0 Å². The summed E-state index contributed by atoms with van der Waals surface area (Å²) >= 11 is 0. The molecule has 5 heteroatoms. The third-order valence-electron chi connectivity index (χ3n) is 3.75. The molecule has 1 aromatic carbocycles. The van der Waals surface area contributed by atoms with E-state index < -0.39 is 5.60 Å². The molecule has 4 nitrogen and oxygen atoms in total. The van der Waals surface area contributed by atoms with Gasteiger partial charge in [0.15, 0.2) is 0 Å². The molecule has 1 aromatic rings. The highest BCUT2D eigenvalue weighted by Crippen LogP contribution is 2.31. The van der Waals surface area contributed by atoms with Crippen LogP contribution in [-0.4, -0.2) is 23.3 Å². The minimum absolute atomic E-state index is 0.240. The SMILES string of the molecule is CC1CCCC(O)(CNC(=O)Nc2ccc(F)cc2)C1. The summed E-state index contributed by atoms with van der Waals surface area (Å²) in [5.41, 5.74) is -0.287. The molecule has 2 atom stereocenters. The van der Waals surface area contributed by atoms with Crippen LogP contribution in [0.25, 0.3) is 0 Å². The highest BCUT2D eigenvalue weighted by atomic mass is 19.1. The topological polar surface area (TPSA) is 61.4 Å². The number of rotatable bonds is 3. The van der Waals surface area contributed by atoms with E-state index in [0.717, 1.165) is 12.8 Å². The fourth-order valence-electron chi connectivity index (χ4n) is 2.75. The van der Waals surface area contributed by atoms with Gasteiger partial charge in [-0.1, -0.05) is 19.8 Å². The van der Waals surface area contributed by atoms with E-state index in [1.807, 2.05) is 0 Å². The van der Waals surface area contributed by atoms with Crippen molar-refractivity contribution in [1.82, 2.24) is 5.32 Å². The lowest BCUT2D eigenvalue weighted by Crippen LogP contribution is -2.46. The van der Waals surface area contributed by atoms with Crippen molar-refractivity contribution in [2.24, 2.45) is 5.92 Å². The molecule has 1 aliphatic rings. The Kier molecular flexibility index (Phi) is 4.60. The van der Waals surface area contributed by atoms with Gasteiger partial charge >= 0.3 is 6.03 Å². The van der Waals surface area contributed by atoms with Gasteiger partial charge in [0, 0.05) is 12.2 Å². The number of hydrogen-bond donors (Lipinski definition) is 3. The van der Waals surface area contributed by atoms with Crippen molar-refractivity contribution in [1.29, 1.82) is 0 Å². The first kappa shape index (κ1) is 14.8. The zero-order chi connectivity index (χ0) is 14.6. The molecule has 0 radical (unpaired) electrons. The number of benzene rings is 1. The monoisotopic (exact) mass is 280 g/mol. The van der Waals surface area contributed by atoms with Crippen molar-refractivity contribution in [3.63, 3.8) is 0 Å². The quantitative estimate of drug-likeness (QED) is 0.797. The van der Waals surface area contributed by atoms with Gasteiger partial charge in [0.05, 0.1) is 5.60 Å². The predicted molar refractivity (Wildman–Crippen MR) is 76.0 cm³/mol. The molecule has 2 amide bonds. The molecule has 0 aromatic heterocycles. The molecule has 0 heterocycles. The van der Waals surface area contributed by atoms with Crippen LogP contribution in [0.1, 0.15) is 32.6 Å². The zero-order valence-electron chi connectivity index (χ0n) is 11.7. The number of aliphatic hydroxyl groups is 1. The smallest absolute Gasteiger partial charge is 0.319 e. The van der Waals surface area contributed by atoms with Crippen LogP contribution in [0.3, 0.4) is 0 Å². The molecule has 0 saturated heterocycles. The molecule has 20 heavy (non-hydrogen) atoms. The Morgan fingerprint density at radius 1 is 1.45 bits per heavy atom. The van der Waals surface area contributed by atoms with Crippen LogP contribution in [0.15, 0.2) is 24.3 Å². The number of anilines is 1. The molecule has 2 unspecified atom stereocenters. The Balaban J connectivity index is 1.81. The van der Waals surface area contributed by atoms with Crippen molar-refractivity contribution < 1.29 is 14.3 Å². The molecular weight excluding hydrogens is 259 g/mol. The van der Waals surface area contributed by atoms with Gasteiger partial charge in [0.1, 0.15) is 5.82 Å². The molecule has 1 aliphatic carbocycles. The van der Waals surface area contributed by atoms with Gasteiger partial charge in [-0.25, -0.2) is 9.18 Å². The third-order valence-corrected chi connectivity index (χ3v) is 3.75. The lowest BCUT2D eigenvalue weighted by molar-refractivity contribution is -0.00920. The zero-order valence-corrected chi connectivity index (χ0v) is 11.7. The van der Waals surface area contributed by atoms with Crippen molar-refractivity contribution in [3.05, 3.63) is 30.1 Å². The largest absolute Gasteiger partial charge is 0.388 e. The summed E-state index contributed by atoms with van der Waals surface area (Å²) in [5, 5.41) is 15.7. The van der Waals surface area contributed by atoms with Crippen LogP contribution in [0.2, 0.25) is 0 Å². The maximum atomic E-state index is 12.7. The van der Waals surface area contributed by atoms with Crippen LogP contribution < -0.4 is 10.6 Å². The molecule has 0 spiro atoms. The molecule has 0 bridgehead atoms. The van der Waals surface area contributed by atoms with Crippen molar-refractivity contribution in [3.8, 4) is 0 Å². The van der Waals surface area contributed by atoms with Gasteiger partial charge in [-0.2, -0.15) is 0 Å². The van der Waals surface area contributed by atoms with Crippen molar-refractivity contribution in [2.45, 2.75) is 38.2 Å². The van der Waals surface area contributed by atoms with E-state index in [2.05, 4.69) is 17.6 Å². The number of nitrogens with one attached hydrogen (secondary N) is 2. The minimum atomic E-state index is -0.808. The Morgan fingerprint density at radius 2 is 2.15 bits per heavy atom. The minimum Gasteiger partial charge on any atom is -0.388 e. The highest BCUT2D eigenvalue weighted by molar-refractivity contribution is 5.89. The summed E-state index contributed by atoms with van der Waals surface area (Å²) in [6.45, 7) is 2.35. The summed E-state index contributed by atoms with van der Waals surface area (Å²) in [4.78, 5) is 11.7. The fourth-order valence-corrected chi connectivity index (χ4v) is 2.75. The lowest BCUT2D eigenvalue weighted by atomic mass is 9.79. The van der Waals surface area contributed by atoms with E-state index in [-0.39, 0.29) is 18.4 Å². The second kappa shape index (κ2) is 6.22. The van der Waals surface area contributed by atoms with Crippen LogP contribution in [0.4, 0.5) is 14.9 Å². The Morgan fingerprint density at radius 3 is 2.80 bits per heavy atom. The molecule has 2 rings (SSSR count). The van der Waals surface area contributed by atoms with E-state index in [1.54, 1.807) is 0 Å². The van der Waals surface area contributed by atoms with Crippen LogP contribution >= 0.6 is 0 Å². The van der Waals surface area contributed by atoms with Gasteiger partial charge < -0.3 is 15.7 Å². The van der Waals surface area contributed by atoms with E-state index >= 15 is 0 Å². The fraction of sp³-hybridized carbons (Fsp3) is 0.533. The van der Waals surface area contributed by atoms with Gasteiger partial charge in [-0.3, -0.25) is 0 Å². The van der Waals surface area contributed by atoms with Gasteiger partial charge in [-0.05, 0) is 43.0 Å². The first-order valence-electron chi connectivity index (χ1n) is 7.00. The summed E-state index contributed by atoms with van der Waals surface area (Å²) in [6.07, 6.45) is 3.54. The first-order valence-corrected chi connectivity index (χ1v) is 7.00. The Hall–Kier alpha value is -1.62.